The zero-order valence-electron chi connectivity index (χ0n) is 12.3. The van der Waals surface area contributed by atoms with E-state index >= 15 is 0 Å². The van der Waals surface area contributed by atoms with E-state index in [1.807, 2.05) is 30.8 Å². The molecule has 1 fully saturated rings. The first-order valence-electron chi connectivity index (χ1n) is 6.94. The highest BCUT2D eigenvalue weighted by Gasteiger charge is 2.24. The number of carbonyl (C=O) groups excluding carboxylic acids is 1. The summed E-state index contributed by atoms with van der Waals surface area (Å²) in [6.45, 7) is 11.2. The van der Waals surface area contributed by atoms with Crippen LogP contribution >= 0.6 is 11.8 Å². The number of aryl methyl sites for hydroxylation is 2. The van der Waals surface area contributed by atoms with Crippen LogP contribution in [0.5, 0.6) is 0 Å². The lowest BCUT2D eigenvalue weighted by atomic mass is 10.0. The van der Waals surface area contributed by atoms with Crippen molar-refractivity contribution >= 4 is 17.5 Å². The second kappa shape index (κ2) is 6.10. The predicted molar refractivity (Wildman–Crippen MR) is 83.2 cm³/mol. The van der Waals surface area contributed by atoms with Gasteiger partial charge in [0.05, 0.1) is 6.54 Å². The number of Topliss-reactive ketones (excluding diaryl/α,β-unsaturated/α-hetero) is 1. The molecule has 1 aromatic carbocycles. The van der Waals surface area contributed by atoms with E-state index in [2.05, 4.69) is 31.7 Å². The highest BCUT2D eigenvalue weighted by atomic mass is 32.2. The summed E-state index contributed by atoms with van der Waals surface area (Å²) in [4.78, 5) is 14.7. The van der Waals surface area contributed by atoms with Gasteiger partial charge >= 0.3 is 0 Å². The van der Waals surface area contributed by atoms with Gasteiger partial charge in [-0.2, -0.15) is 11.8 Å². The molecule has 3 heteroatoms. The van der Waals surface area contributed by atoms with Crippen LogP contribution in [-0.2, 0) is 0 Å². The molecule has 104 valence electrons. The average Bonchev–Trinajstić information content (AvgIpc) is 2.26. The Morgan fingerprint density at radius 3 is 2.47 bits per heavy atom. The smallest absolute Gasteiger partial charge is 0.177 e. The standard InChI is InChI=1S/C16H23NOS/c1-11-5-6-15(12(2)7-11)16(18)10-17-8-13(3)19-14(4)9-17/h5-7,13-14H,8-10H2,1-4H3. The minimum Gasteiger partial charge on any atom is -0.294 e. The molecule has 1 aliphatic rings. The normalized spacial score (nSPS) is 24.4. The lowest BCUT2D eigenvalue weighted by molar-refractivity contribution is 0.0929. The summed E-state index contributed by atoms with van der Waals surface area (Å²) in [5.41, 5.74) is 3.19. The Morgan fingerprint density at radius 1 is 1.26 bits per heavy atom. The first-order valence-corrected chi connectivity index (χ1v) is 7.88. The van der Waals surface area contributed by atoms with Gasteiger partial charge in [-0.3, -0.25) is 9.69 Å². The molecule has 1 aliphatic heterocycles. The van der Waals surface area contributed by atoms with Gasteiger partial charge < -0.3 is 0 Å². The molecule has 0 N–H and O–H groups in total. The van der Waals surface area contributed by atoms with E-state index in [9.17, 15) is 4.79 Å². The SMILES string of the molecule is Cc1ccc(C(=O)CN2CC(C)SC(C)C2)c(C)c1. The molecular formula is C16H23NOS. The van der Waals surface area contributed by atoms with Crippen molar-refractivity contribution in [3.63, 3.8) is 0 Å². The number of rotatable bonds is 3. The van der Waals surface area contributed by atoms with Crippen molar-refractivity contribution in [2.75, 3.05) is 19.6 Å². The predicted octanol–water partition coefficient (Wildman–Crippen LogP) is 3.31. The third-order valence-electron chi connectivity index (χ3n) is 3.54. The van der Waals surface area contributed by atoms with Gasteiger partial charge in [0.1, 0.15) is 0 Å². The van der Waals surface area contributed by atoms with Crippen molar-refractivity contribution in [1.29, 1.82) is 0 Å². The fourth-order valence-electron chi connectivity index (χ4n) is 2.83. The molecule has 0 saturated carbocycles. The second-order valence-electron chi connectivity index (χ2n) is 5.69. The van der Waals surface area contributed by atoms with Crippen molar-refractivity contribution in [3.8, 4) is 0 Å². The molecule has 0 amide bonds. The Bertz CT molecular complexity index is 462. The van der Waals surface area contributed by atoms with Crippen LogP contribution in [0.2, 0.25) is 0 Å². The van der Waals surface area contributed by atoms with E-state index in [-0.39, 0.29) is 5.78 Å². The zero-order chi connectivity index (χ0) is 14.0. The quantitative estimate of drug-likeness (QED) is 0.791. The van der Waals surface area contributed by atoms with Crippen LogP contribution in [0, 0.1) is 13.8 Å². The molecule has 1 saturated heterocycles. The van der Waals surface area contributed by atoms with E-state index in [4.69, 9.17) is 0 Å². The molecule has 0 spiro atoms. The summed E-state index contributed by atoms with van der Waals surface area (Å²) in [5, 5.41) is 1.24. The van der Waals surface area contributed by atoms with Crippen molar-refractivity contribution in [2.24, 2.45) is 0 Å². The first-order chi connectivity index (χ1) is 8.95. The van der Waals surface area contributed by atoms with Crippen molar-refractivity contribution < 1.29 is 4.79 Å². The van der Waals surface area contributed by atoms with Gasteiger partial charge in [0.15, 0.2) is 5.78 Å². The maximum Gasteiger partial charge on any atom is 0.177 e. The number of carbonyl (C=O) groups is 1. The van der Waals surface area contributed by atoms with E-state index in [0.717, 1.165) is 24.2 Å². The monoisotopic (exact) mass is 277 g/mol. The van der Waals surface area contributed by atoms with E-state index in [1.54, 1.807) is 0 Å². The fourth-order valence-corrected chi connectivity index (χ4v) is 4.22. The number of ketones is 1. The van der Waals surface area contributed by atoms with Crippen molar-refractivity contribution in [1.82, 2.24) is 4.90 Å². The van der Waals surface area contributed by atoms with Gasteiger partial charge in [0, 0.05) is 29.2 Å². The summed E-state index contributed by atoms with van der Waals surface area (Å²) in [7, 11) is 0. The lowest BCUT2D eigenvalue weighted by Gasteiger charge is -2.34. The third-order valence-corrected chi connectivity index (χ3v) is 4.77. The van der Waals surface area contributed by atoms with Gasteiger partial charge in [-0.15, -0.1) is 0 Å². The van der Waals surface area contributed by atoms with E-state index in [0.29, 0.717) is 17.0 Å². The van der Waals surface area contributed by atoms with Crippen LogP contribution < -0.4 is 0 Å². The summed E-state index contributed by atoms with van der Waals surface area (Å²) >= 11 is 2.02. The number of hydrogen-bond donors (Lipinski definition) is 0. The Morgan fingerprint density at radius 2 is 1.89 bits per heavy atom. The van der Waals surface area contributed by atoms with Crippen molar-refractivity contribution in [3.05, 3.63) is 34.9 Å². The first kappa shape index (κ1) is 14.6. The summed E-state index contributed by atoms with van der Waals surface area (Å²) in [5.74, 6) is 0.254. The molecule has 0 radical (unpaired) electrons. The topological polar surface area (TPSA) is 20.3 Å². The Kier molecular flexibility index (Phi) is 4.69. The molecule has 0 aromatic heterocycles. The maximum atomic E-state index is 12.4. The summed E-state index contributed by atoms with van der Waals surface area (Å²) in [6, 6.07) is 6.08. The van der Waals surface area contributed by atoms with E-state index in [1.165, 1.54) is 5.56 Å². The van der Waals surface area contributed by atoms with Crippen LogP contribution in [0.4, 0.5) is 0 Å². The molecule has 2 atom stereocenters. The molecule has 2 unspecified atom stereocenters. The highest BCUT2D eigenvalue weighted by molar-refractivity contribution is 8.00. The van der Waals surface area contributed by atoms with Gasteiger partial charge in [-0.05, 0) is 19.4 Å². The maximum absolute atomic E-state index is 12.4. The van der Waals surface area contributed by atoms with E-state index < -0.39 is 0 Å². The molecule has 1 aromatic rings. The molecule has 0 aliphatic carbocycles. The Hall–Kier alpha value is -0.800. The third kappa shape index (κ3) is 3.83. The largest absolute Gasteiger partial charge is 0.294 e. The second-order valence-corrected chi connectivity index (χ2v) is 7.57. The molecule has 2 rings (SSSR count). The number of benzene rings is 1. The minimum absolute atomic E-state index is 0.254. The average molecular weight is 277 g/mol. The van der Waals surface area contributed by atoms with Crippen LogP contribution in [0.25, 0.3) is 0 Å². The Labute approximate surface area is 120 Å². The summed E-state index contributed by atoms with van der Waals surface area (Å²) < 4.78 is 0. The van der Waals surface area contributed by atoms with Gasteiger partial charge in [0.2, 0.25) is 0 Å². The number of thioether (sulfide) groups is 1. The molecule has 19 heavy (non-hydrogen) atoms. The van der Waals surface area contributed by atoms with Crippen LogP contribution in [0.15, 0.2) is 18.2 Å². The zero-order valence-corrected chi connectivity index (χ0v) is 13.1. The van der Waals surface area contributed by atoms with Crippen LogP contribution in [-0.4, -0.2) is 40.8 Å². The molecule has 2 nitrogen and oxygen atoms in total. The fraction of sp³-hybridized carbons (Fsp3) is 0.562. The number of nitrogens with zero attached hydrogens (tertiary/aromatic N) is 1. The lowest BCUT2D eigenvalue weighted by Crippen LogP contribution is -2.43. The minimum atomic E-state index is 0.254. The molecule has 1 heterocycles. The number of hydrogen-bond acceptors (Lipinski definition) is 3. The molecule has 0 bridgehead atoms. The highest BCUT2D eigenvalue weighted by Crippen LogP contribution is 2.24. The summed E-state index contributed by atoms with van der Waals surface area (Å²) in [6.07, 6.45) is 0. The Balaban J connectivity index is 2.04. The van der Waals surface area contributed by atoms with Gasteiger partial charge in [-0.1, -0.05) is 37.6 Å². The van der Waals surface area contributed by atoms with Crippen LogP contribution in [0.1, 0.15) is 35.3 Å². The van der Waals surface area contributed by atoms with Gasteiger partial charge in [-0.25, -0.2) is 0 Å². The van der Waals surface area contributed by atoms with Crippen molar-refractivity contribution in [2.45, 2.75) is 38.2 Å². The van der Waals surface area contributed by atoms with Gasteiger partial charge in [0.25, 0.3) is 0 Å². The van der Waals surface area contributed by atoms with Crippen LogP contribution in [0.3, 0.4) is 0 Å². The molecular weight excluding hydrogens is 254 g/mol.